The lowest BCUT2D eigenvalue weighted by Crippen LogP contribution is -2.39. The van der Waals surface area contributed by atoms with Crippen molar-refractivity contribution in [1.82, 2.24) is 4.90 Å². The van der Waals surface area contributed by atoms with Crippen LogP contribution in [0.15, 0.2) is 55.1 Å². The third kappa shape index (κ3) is 3.15. The molecule has 23 heavy (non-hydrogen) atoms. The molecule has 0 aliphatic carbocycles. The van der Waals surface area contributed by atoms with Crippen molar-refractivity contribution < 1.29 is 4.79 Å². The summed E-state index contributed by atoms with van der Waals surface area (Å²) >= 11 is 0. The Morgan fingerprint density at radius 1 is 1.22 bits per heavy atom. The average molecular weight is 308 g/mol. The molecular formula is C20H24N2O. The van der Waals surface area contributed by atoms with E-state index in [9.17, 15) is 4.79 Å². The monoisotopic (exact) mass is 308 g/mol. The Balaban J connectivity index is 1.76. The number of nitrogens with zero attached hydrogens (tertiary/aromatic N) is 1. The summed E-state index contributed by atoms with van der Waals surface area (Å²) in [6.07, 6.45) is 4.31. The summed E-state index contributed by atoms with van der Waals surface area (Å²) in [4.78, 5) is 14.6. The number of carbonyl (C=O) groups excluding carboxylic acids is 1. The number of nitrogens with two attached hydrogens (primary N) is 1. The molecular weight excluding hydrogens is 284 g/mol. The van der Waals surface area contributed by atoms with E-state index in [-0.39, 0.29) is 17.9 Å². The van der Waals surface area contributed by atoms with Crippen molar-refractivity contribution in [3.8, 4) is 0 Å². The van der Waals surface area contributed by atoms with Crippen molar-refractivity contribution in [2.24, 2.45) is 11.7 Å². The lowest BCUT2D eigenvalue weighted by Gasteiger charge is -2.24. The van der Waals surface area contributed by atoms with E-state index in [0.717, 1.165) is 25.8 Å². The van der Waals surface area contributed by atoms with Crippen LogP contribution in [0.4, 0.5) is 0 Å². The molecule has 1 heterocycles. The van der Waals surface area contributed by atoms with Crippen LogP contribution in [0.2, 0.25) is 0 Å². The van der Waals surface area contributed by atoms with Gasteiger partial charge < -0.3 is 10.6 Å². The molecule has 0 saturated carbocycles. The van der Waals surface area contributed by atoms with Crippen LogP contribution in [0.5, 0.6) is 0 Å². The summed E-state index contributed by atoms with van der Waals surface area (Å²) in [7, 11) is 0. The highest BCUT2D eigenvalue weighted by Crippen LogP contribution is 2.28. The predicted octanol–water partition coefficient (Wildman–Crippen LogP) is 3.13. The second-order valence-corrected chi connectivity index (χ2v) is 6.27. The Morgan fingerprint density at radius 3 is 2.78 bits per heavy atom. The third-order valence-corrected chi connectivity index (χ3v) is 4.85. The maximum absolute atomic E-state index is 12.6. The summed E-state index contributed by atoms with van der Waals surface area (Å²) in [5.41, 5.74) is 7.18. The fourth-order valence-electron chi connectivity index (χ4n) is 3.64. The van der Waals surface area contributed by atoms with E-state index in [1.807, 2.05) is 11.0 Å². The first-order valence-corrected chi connectivity index (χ1v) is 8.32. The molecule has 2 N–H and O–H groups in total. The quantitative estimate of drug-likeness (QED) is 0.833. The number of allylic oxidation sites excluding steroid dienone is 1. The lowest BCUT2D eigenvalue weighted by molar-refractivity contribution is -0.131. The van der Waals surface area contributed by atoms with Gasteiger partial charge in [-0.05, 0) is 35.6 Å². The Morgan fingerprint density at radius 2 is 2.00 bits per heavy atom. The van der Waals surface area contributed by atoms with Crippen LogP contribution in [-0.4, -0.2) is 29.9 Å². The van der Waals surface area contributed by atoms with Crippen LogP contribution in [-0.2, 0) is 11.2 Å². The molecule has 1 aliphatic rings. The van der Waals surface area contributed by atoms with Gasteiger partial charge >= 0.3 is 0 Å². The standard InChI is InChI=1S/C20H24N2O/c1-2-6-17-13-18(14-21)22(20(17)23)12-11-16-9-5-8-15-7-3-4-10-19(15)16/h2-5,7-10,17-18H,1,6,11-14,21H2/t17-,18+/m1/s1. The van der Waals surface area contributed by atoms with E-state index in [1.54, 1.807) is 0 Å². The van der Waals surface area contributed by atoms with E-state index in [2.05, 4.69) is 49.0 Å². The first kappa shape index (κ1) is 15.8. The average Bonchev–Trinajstić information content (AvgIpc) is 2.89. The van der Waals surface area contributed by atoms with E-state index >= 15 is 0 Å². The van der Waals surface area contributed by atoms with Crippen molar-refractivity contribution in [2.75, 3.05) is 13.1 Å². The topological polar surface area (TPSA) is 46.3 Å². The van der Waals surface area contributed by atoms with E-state index < -0.39 is 0 Å². The number of rotatable bonds is 6. The van der Waals surface area contributed by atoms with E-state index in [0.29, 0.717) is 6.54 Å². The van der Waals surface area contributed by atoms with Gasteiger partial charge in [-0.15, -0.1) is 6.58 Å². The first-order chi connectivity index (χ1) is 11.2. The van der Waals surface area contributed by atoms with E-state index in [4.69, 9.17) is 5.73 Å². The number of hydrogen-bond donors (Lipinski definition) is 1. The van der Waals surface area contributed by atoms with Crippen LogP contribution in [0.1, 0.15) is 18.4 Å². The van der Waals surface area contributed by atoms with Crippen LogP contribution >= 0.6 is 0 Å². The molecule has 3 rings (SSSR count). The maximum Gasteiger partial charge on any atom is 0.226 e. The number of carbonyl (C=O) groups is 1. The van der Waals surface area contributed by atoms with E-state index in [1.165, 1.54) is 16.3 Å². The number of benzene rings is 2. The van der Waals surface area contributed by atoms with Crippen molar-refractivity contribution in [3.63, 3.8) is 0 Å². The maximum atomic E-state index is 12.6. The summed E-state index contributed by atoms with van der Waals surface area (Å²) in [5.74, 6) is 0.300. The van der Waals surface area contributed by atoms with Crippen LogP contribution in [0.25, 0.3) is 10.8 Å². The zero-order chi connectivity index (χ0) is 16.2. The van der Waals surface area contributed by atoms with Crippen molar-refractivity contribution in [1.29, 1.82) is 0 Å². The molecule has 3 heteroatoms. The smallest absolute Gasteiger partial charge is 0.226 e. The number of amides is 1. The molecule has 1 fully saturated rings. The summed E-state index contributed by atoms with van der Waals surface area (Å²) in [6, 6.07) is 14.9. The van der Waals surface area contributed by atoms with Crippen molar-refractivity contribution >= 4 is 16.7 Å². The largest absolute Gasteiger partial charge is 0.338 e. The zero-order valence-corrected chi connectivity index (χ0v) is 13.4. The minimum absolute atomic E-state index is 0.0635. The van der Waals surface area contributed by atoms with Crippen LogP contribution in [0, 0.1) is 5.92 Å². The van der Waals surface area contributed by atoms with Gasteiger partial charge in [0.05, 0.1) is 0 Å². The Hall–Kier alpha value is -2.13. The van der Waals surface area contributed by atoms with Gasteiger partial charge in [-0.25, -0.2) is 0 Å². The van der Waals surface area contributed by atoms with Gasteiger partial charge in [0.1, 0.15) is 0 Å². The highest BCUT2D eigenvalue weighted by molar-refractivity contribution is 5.86. The minimum atomic E-state index is 0.0635. The van der Waals surface area contributed by atoms with Gasteiger partial charge in [0, 0.05) is 25.0 Å². The Kier molecular flexibility index (Phi) is 4.77. The second kappa shape index (κ2) is 6.97. The van der Waals surface area contributed by atoms with Gasteiger partial charge in [0.15, 0.2) is 0 Å². The Labute approximate surface area is 137 Å². The normalized spacial score (nSPS) is 21.1. The molecule has 120 valence electrons. The molecule has 1 saturated heterocycles. The molecule has 0 aromatic heterocycles. The predicted molar refractivity (Wildman–Crippen MR) is 95.1 cm³/mol. The lowest BCUT2D eigenvalue weighted by atomic mass is 10.0. The number of fused-ring (bicyclic) bond motifs is 1. The molecule has 0 radical (unpaired) electrons. The van der Waals surface area contributed by atoms with Crippen LogP contribution < -0.4 is 5.73 Å². The highest BCUT2D eigenvalue weighted by Gasteiger charge is 2.37. The minimum Gasteiger partial charge on any atom is -0.338 e. The summed E-state index contributed by atoms with van der Waals surface area (Å²) in [5, 5.41) is 2.52. The molecule has 0 bridgehead atoms. The van der Waals surface area contributed by atoms with Crippen LogP contribution in [0.3, 0.4) is 0 Å². The van der Waals surface area contributed by atoms with Crippen molar-refractivity contribution in [3.05, 3.63) is 60.7 Å². The molecule has 2 aromatic rings. The zero-order valence-electron chi connectivity index (χ0n) is 13.4. The van der Waals surface area contributed by atoms with Crippen molar-refractivity contribution in [2.45, 2.75) is 25.3 Å². The SMILES string of the molecule is C=CC[C@@H]1C[C@@H](CN)N(CCc2cccc3ccccc23)C1=O. The molecule has 0 unspecified atom stereocenters. The fourth-order valence-corrected chi connectivity index (χ4v) is 3.64. The van der Waals surface area contributed by atoms with Gasteiger partial charge in [0.2, 0.25) is 5.91 Å². The molecule has 2 atom stereocenters. The second-order valence-electron chi connectivity index (χ2n) is 6.27. The van der Waals surface area contributed by atoms with Gasteiger partial charge in [-0.3, -0.25) is 4.79 Å². The third-order valence-electron chi connectivity index (χ3n) is 4.85. The fraction of sp³-hybridized carbons (Fsp3) is 0.350. The Bertz CT molecular complexity index is 704. The highest BCUT2D eigenvalue weighted by atomic mass is 16.2. The molecule has 1 aliphatic heterocycles. The molecule has 1 amide bonds. The first-order valence-electron chi connectivity index (χ1n) is 8.32. The number of likely N-dealkylation sites (tertiary alicyclic amines) is 1. The molecule has 2 aromatic carbocycles. The number of hydrogen-bond acceptors (Lipinski definition) is 2. The van der Waals surface area contributed by atoms with Gasteiger partial charge in [-0.1, -0.05) is 48.5 Å². The summed E-state index contributed by atoms with van der Waals surface area (Å²) in [6.45, 7) is 5.04. The van der Waals surface area contributed by atoms with Gasteiger partial charge in [-0.2, -0.15) is 0 Å². The van der Waals surface area contributed by atoms with Gasteiger partial charge in [0.25, 0.3) is 0 Å². The summed E-state index contributed by atoms with van der Waals surface area (Å²) < 4.78 is 0. The molecule has 3 nitrogen and oxygen atoms in total. The molecule has 0 spiro atoms.